The van der Waals surface area contributed by atoms with E-state index in [1.54, 1.807) is 31.4 Å². The number of carbonyl (C=O) groups excluding carboxylic acids is 1. The Morgan fingerprint density at radius 3 is 2.77 bits per heavy atom. The van der Waals surface area contributed by atoms with Crippen molar-refractivity contribution in [1.82, 2.24) is 5.32 Å². The highest BCUT2D eigenvalue weighted by Gasteiger charge is 2.37. The molecule has 22 heavy (non-hydrogen) atoms. The number of nitrogens with one attached hydrogen (secondary N) is 1. The molecule has 0 spiro atoms. The third-order valence-corrected chi connectivity index (χ3v) is 3.50. The lowest BCUT2D eigenvalue weighted by molar-refractivity contribution is -0.139. The average molecular weight is 307 g/mol. The van der Waals surface area contributed by atoms with Gasteiger partial charge >= 0.3 is 5.97 Å². The smallest absolute Gasteiger partial charge is 0.326 e. The Hall–Kier alpha value is -2.08. The summed E-state index contributed by atoms with van der Waals surface area (Å²) in [5, 5.41) is 11.7. The molecule has 2 N–H and O–H groups in total. The molecule has 1 aromatic carbocycles. The summed E-state index contributed by atoms with van der Waals surface area (Å²) in [6.07, 6.45) is 2.45. The maximum atomic E-state index is 12.2. The van der Waals surface area contributed by atoms with Crippen molar-refractivity contribution in [1.29, 1.82) is 0 Å². The number of ether oxygens (including phenoxy) is 2. The van der Waals surface area contributed by atoms with Gasteiger partial charge in [0.05, 0.1) is 6.61 Å². The summed E-state index contributed by atoms with van der Waals surface area (Å²) in [4.78, 5) is 23.3. The van der Waals surface area contributed by atoms with E-state index < -0.39 is 12.0 Å². The van der Waals surface area contributed by atoms with Crippen LogP contribution in [0.5, 0.6) is 5.75 Å². The van der Waals surface area contributed by atoms with Crippen LogP contribution in [-0.2, 0) is 9.53 Å². The largest absolute Gasteiger partial charge is 0.493 e. The number of carbonyl (C=O) groups is 2. The summed E-state index contributed by atoms with van der Waals surface area (Å²) in [6, 6.07) is 5.93. The number of carboxylic acid groups (broad SMARTS) is 1. The maximum absolute atomic E-state index is 12.2. The van der Waals surface area contributed by atoms with Crippen LogP contribution in [0.25, 0.3) is 0 Å². The van der Waals surface area contributed by atoms with E-state index in [0.717, 1.165) is 19.3 Å². The second-order valence-electron chi connectivity index (χ2n) is 5.35. The predicted molar refractivity (Wildman–Crippen MR) is 80.0 cm³/mol. The molecule has 0 aromatic heterocycles. The fourth-order valence-electron chi connectivity index (χ4n) is 2.16. The van der Waals surface area contributed by atoms with Crippen molar-refractivity contribution in [3.05, 3.63) is 29.8 Å². The normalized spacial score (nSPS) is 15.1. The third-order valence-electron chi connectivity index (χ3n) is 3.50. The molecule has 0 radical (unpaired) electrons. The molecule has 1 fully saturated rings. The Labute approximate surface area is 129 Å². The van der Waals surface area contributed by atoms with Gasteiger partial charge in [0, 0.05) is 25.7 Å². The quantitative estimate of drug-likeness (QED) is 0.678. The van der Waals surface area contributed by atoms with Crippen LogP contribution in [0.3, 0.4) is 0 Å². The molecule has 1 aliphatic rings. The van der Waals surface area contributed by atoms with E-state index in [9.17, 15) is 9.59 Å². The Balaban J connectivity index is 1.93. The van der Waals surface area contributed by atoms with Crippen LogP contribution >= 0.6 is 0 Å². The number of benzene rings is 1. The minimum absolute atomic E-state index is 0.0509. The van der Waals surface area contributed by atoms with Crippen LogP contribution in [0.15, 0.2) is 24.3 Å². The van der Waals surface area contributed by atoms with Gasteiger partial charge < -0.3 is 19.9 Å². The number of hydrogen-bond acceptors (Lipinski definition) is 4. The summed E-state index contributed by atoms with van der Waals surface area (Å²) in [7, 11) is 1.63. The molecule has 120 valence electrons. The van der Waals surface area contributed by atoms with Crippen molar-refractivity contribution >= 4 is 11.9 Å². The fraction of sp³-hybridized carbons (Fsp3) is 0.500. The molecule has 6 nitrogen and oxygen atoms in total. The fourth-order valence-corrected chi connectivity index (χ4v) is 2.16. The van der Waals surface area contributed by atoms with Gasteiger partial charge in [0.2, 0.25) is 0 Å². The molecule has 1 unspecified atom stereocenters. The molecule has 0 saturated heterocycles. The zero-order chi connectivity index (χ0) is 15.9. The van der Waals surface area contributed by atoms with Crippen molar-refractivity contribution < 1.29 is 24.2 Å². The Morgan fingerprint density at radius 2 is 2.14 bits per heavy atom. The molecule has 6 heteroatoms. The first-order valence-electron chi connectivity index (χ1n) is 7.37. The van der Waals surface area contributed by atoms with Crippen LogP contribution in [0.1, 0.15) is 29.6 Å². The summed E-state index contributed by atoms with van der Waals surface area (Å²) >= 11 is 0. The highest BCUT2D eigenvalue weighted by Crippen LogP contribution is 2.32. The minimum Gasteiger partial charge on any atom is -0.493 e. The first-order chi connectivity index (χ1) is 10.6. The Bertz CT molecular complexity index is 527. The number of amides is 1. The van der Waals surface area contributed by atoms with Gasteiger partial charge in [-0.05, 0) is 37.0 Å². The second kappa shape index (κ2) is 7.79. The topological polar surface area (TPSA) is 84.9 Å². The summed E-state index contributed by atoms with van der Waals surface area (Å²) in [6.45, 7) is 1.11. The molecule has 1 aromatic rings. The van der Waals surface area contributed by atoms with E-state index in [0.29, 0.717) is 24.5 Å². The predicted octanol–water partition coefficient (Wildman–Crippen LogP) is 1.69. The molecule has 1 atom stereocenters. The van der Waals surface area contributed by atoms with Gasteiger partial charge in [-0.25, -0.2) is 4.79 Å². The molecule has 1 amide bonds. The summed E-state index contributed by atoms with van der Waals surface area (Å²) in [5.41, 5.74) is 0.399. The van der Waals surface area contributed by atoms with Crippen LogP contribution < -0.4 is 10.1 Å². The van der Waals surface area contributed by atoms with E-state index >= 15 is 0 Å². The lowest BCUT2D eigenvalue weighted by atomic mass is 10.1. The van der Waals surface area contributed by atoms with Gasteiger partial charge in [-0.2, -0.15) is 0 Å². The monoisotopic (exact) mass is 307 g/mol. The third kappa shape index (κ3) is 4.73. The van der Waals surface area contributed by atoms with Gasteiger partial charge in [-0.3, -0.25) is 4.79 Å². The van der Waals surface area contributed by atoms with Gasteiger partial charge in [0.1, 0.15) is 11.8 Å². The first kappa shape index (κ1) is 16.3. The van der Waals surface area contributed by atoms with E-state index in [4.69, 9.17) is 14.6 Å². The van der Waals surface area contributed by atoms with Gasteiger partial charge in [-0.1, -0.05) is 6.07 Å². The number of methoxy groups -OCH3 is 1. The molecule has 0 heterocycles. The number of hydrogen-bond donors (Lipinski definition) is 2. The number of rotatable bonds is 9. The number of aliphatic carboxylic acids is 1. The SMILES string of the molecule is COCCCOc1cccc(C(=O)NC(C(=O)O)C2CC2)c1. The molecule has 0 bridgehead atoms. The van der Waals surface area contributed by atoms with Crippen molar-refractivity contribution in [3.8, 4) is 5.75 Å². The minimum atomic E-state index is -0.983. The standard InChI is InChI=1S/C16H21NO5/c1-21-8-3-9-22-13-5-2-4-12(10-13)15(18)17-14(16(19)20)11-6-7-11/h2,4-5,10-11,14H,3,6-9H2,1H3,(H,17,18)(H,19,20). The summed E-state index contributed by atoms with van der Waals surface area (Å²) < 4.78 is 10.5. The van der Waals surface area contributed by atoms with E-state index in [1.807, 2.05) is 0 Å². The van der Waals surface area contributed by atoms with Gasteiger partial charge in [0.25, 0.3) is 5.91 Å². The molecule has 2 rings (SSSR count). The lowest BCUT2D eigenvalue weighted by Crippen LogP contribution is -2.42. The molecule has 1 saturated carbocycles. The molecule has 0 aliphatic heterocycles. The zero-order valence-electron chi connectivity index (χ0n) is 12.6. The zero-order valence-corrected chi connectivity index (χ0v) is 12.6. The average Bonchev–Trinajstić information content (AvgIpc) is 3.33. The van der Waals surface area contributed by atoms with Crippen LogP contribution in [0.2, 0.25) is 0 Å². The van der Waals surface area contributed by atoms with Crippen LogP contribution in [0.4, 0.5) is 0 Å². The van der Waals surface area contributed by atoms with Gasteiger partial charge in [0.15, 0.2) is 0 Å². The first-order valence-corrected chi connectivity index (χ1v) is 7.37. The van der Waals surface area contributed by atoms with Crippen LogP contribution in [0, 0.1) is 5.92 Å². The molecule has 1 aliphatic carbocycles. The van der Waals surface area contributed by atoms with Crippen LogP contribution in [-0.4, -0.2) is 43.3 Å². The van der Waals surface area contributed by atoms with E-state index in [-0.39, 0.29) is 11.8 Å². The van der Waals surface area contributed by atoms with Gasteiger partial charge in [-0.15, -0.1) is 0 Å². The number of carboxylic acids is 1. The maximum Gasteiger partial charge on any atom is 0.326 e. The van der Waals surface area contributed by atoms with E-state index in [2.05, 4.69) is 5.32 Å². The molecular weight excluding hydrogens is 286 g/mol. The van der Waals surface area contributed by atoms with E-state index in [1.165, 1.54) is 0 Å². The van der Waals surface area contributed by atoms with Crippen molar-refractivity contribution in [2.24, 2.45) is 5.92 Å². The second-order valence-corrected chi connectivity index (χ2v) is 5.35. The lowest BCUT2D eigenvalue weighted by Gasteiger charge is -2.14. The highest BCUT2D eigenvalue weighted by atomic mass is 16.5. The Morgan fingerprint density at radius 1 is 1.36 bits per heavy atom. The van der Waals surface area contributed by atoms with Crippen molar-refractivity contribution in [2.75, 3.05) is 20.3 Å². The van der Waals surface area contributed by atoms with Crippen molar-refractivity contribution in [2.45, 2.75) is 25.3 Å². The summed E-state index contributed by atoms with van der Waals surface area (Å²) in [5.74, 6) is -0.735. The van der Waals surface area contributed by atoms with Crippen molar-refractivity contribution in [3.63, 3.8) is 0 Å². The molecular formula is C16H21NO5. The highest BCUT2D eigenvalue weighted by molar-refractivity contribution is 5.97. The Kier molecular flexibility index (Phi) is 5.77.